The van der Waals surface area contributed by atoms with Gasteiger partial charge in [-0.25, -0.2) is 9.97 Å². The van der Waals surface area contributed by atoms with Crippen molar-refractivity contribution < 1.29 is 0 Å². The molecule has 0 fully saturated rings. The maximum Gasteiger partial charge on any atom is 0.160 e. The van der Waals surface area contributed by atoms with Crippen molar-refractivity contribution in [3.05, 3.63) is 217 Å². The third-order valence-electron chi connectivity index (χ3n) is 13.4. The Kier molecular flexibility index (Phi) is 11.8. The molecule has 0 unspecified atom stereocenters. The first-order chi connectivity index (χ1) is 32.5. The van der Waals surface area contributed by atoms with Crippen LogP contribution in [-0.2, 0) is 23.8 Å². The molecule has 0 saturated heterocycles. The average Bonchev–Trinajstić information content (AvgIpc) is 3.68. The molecule has 0 aliphatic heterocycles. The van der Waals surface area contributed by atoms with E-state index in [1.165, 1.54) is 71.9 Å². The lowest BCUT2D eigenvalue weighted by atomic mass is 9.83. The van der Waals surface area contributed by atoms with E-state index < -0.39 is 0 Å². The van der Waals surface area contributed by atoms with E-state index >= 15 is 0 Å². The molecule has 0 spiro atoms. The number of unbranched alkanes of at least 4 members (excludes halogenated alkanes) is 1. The first kappa shape index (κ1) is 43.5. The van der Waals surface area contributed by atoms with Gasteiger partial charge in [0.2, 0.25) is 0 Å². The van der Waals surface area contributed by atoms with Crippen molar-refractivity contribution in [2.75, 3.05) is 0 Å². The van der Waals surface area contributed by atoms with Crippen LogP contribution in [0.1, 0.15) is 71.1 Å². The van der Waals surface area contributed by atoms with Gasteiger partial charge in [0, 0.05) is 45.1 Å². The monoisotopic (exact) mass is 869 g/mol. The highest BCUT2D eigenvalue weighted by Crippen LogP contribution is 2.43. The van der Waals surface area contributed by atoms with E-state index in [9.17, 15) is 0 Å². The van der Waals surface area contributed by atoms with Crippen molar-refractivity contribution in [1.29, 1.82) is 0 Å². The molecule has 10 rings (SSSR count). The lowest BCUT2D eigenvalue weighted by Gasteiger charge is -2.22. The fourth-order valence-corrected chi connectivity index (χ4v) is 9.69. The lowest BCUT2D eigenvalue weighted by molar-refractivity contribution is 0.590. The quantitative estimate of drug-likeness (QED) is 0.121. The molecule has 0 aliphatic carbocycles. The molecule has 0 saturated carbocycles. The van der Waals surface area contributed by atoms with Crippen LogP contribution < -0.4 is 0 Å². The summed E-state index contributed by atoms with van der Waals surface area (Å²) >= 11 is 0. The predicted octanol–water partition coefficient (Wildman–Crippen LogP) is 17.2. The second-order valence-corrected chi connectivity index (χ2v) is 20.1. The molecular weight excluding hydrogens is 811 g/mol. The molecular formula is C64H59N3. The Labute approximate surface area is 396 Å². The summed E-state index contributed by atoms with van der Waals surface area (Å²) < 4.78 is 2.63. The third kappa shape index (κ3) is 8.99. The zero-order valence-electron chi connectivity index (χ0n) is 39.7. The summed E-state index contributed by atoms with van der Waals surface area (Å²) in [7, 11) is 0. The maximum atomic E-state index is 5.30. The summed E-state index contributed by atoms with van der Waals surface area (Å²) in [6.45, 7) is 14.9. The molecule has 0 amide bonds. The van der Waals surface area contributed by atoms with E-state index in [1.807, 2.05) is 6.07 Å². The third-order valence-corrected chi connectivity index (χ3v) is 13.4. The minimum Gasteiger partial charge on any atom is -0.340 e. The van der Waals surface area contributed by atoms with Crippen molar-refractivity contribution >= 4 is 21.8 Å². The van der Waals surface area contributed by atoms with E-state index in [4.69, 9.17) is 9.97 Å². The SMILES string of the molecule is CC(C)(C)c1ccc2c(c1)c1cc(C(C)(C)C)cc(-c3ccccc3)c1n2CCCCc1c(-c2ccccc2)cc(-c2cc(-c3ccccc3)nc(-c3ccccc3)n2)cc1-c1ccccc1. The van der Waals surface area contributed by atoms with Crippen LogP contribution in [0.2, 0.25) is 0 Å². The summed E-state index contributed by atoms with van der Waals surface area (Å²) in [5.74, 6) is 0.716. The van der Waals surface area contributed by atoms with Crippen LogP contribution in [0.25, 0.3) is 89.1 Å². The second kappa shape index (κ2) is 18.1. The van der Waals surface area contributed by atoms with E-state index in [-0.39, 0.29) is 10.8 Å². The van der Waals surface area contributed by atoms with E-state index in [2.05, 4.69) is 240 Å². The van der Waals surface area contributed by atoms with Crippen LogP contribution >= 0.6 is 0 Å². The van der Waals surface area contributed by atoms with Crippen LogP contribution in [-0.4, -0.2) is 14.5 Å². The van der Waals surface area contributed by atoms with Gasteiger partial charge >= 0.3 is 0 Å². The molecule has 0 aliphatic rings. The number of hydrogen-bond donors (Lipinski definition) is 0. The molecule has 10 aromatic rings. The number of rotatable bonds is 11. The molecule has 8 aromatic carbocycles. The van der Waals surface area contributed by atoms with Crippen molar-refractivity contribution in [2.45, 2.75) is 78.2 Å². The van der Waals surface area contributed by atoms with E-state index in [0.717, 1.165) is 53.9 Å². The topological polar surface area (TPSA) is 30.7 Å². The van der Waals surface area contributed by atoms with Gasteiger partial charge in [-0.3, -0.25) is 0 Å². The highest BCUT2D eigenvalue weighted by Gasteiger charge is 2.24. The Bertz CT molecular complexity index is 3200. The summed E-state index contributed by atoms with van der Waals surface area (Å²) in [4.78, 5) is 10.4. The molecule has 67 heavy (non-hydrogen) atoms. The second-order valence-electron chi connectivity index (χ2n) is 20.1. The first-order valence-electron chi connectivity index (χ1n) is 23.9. The number of fused-ring (bicyclic) bond motifs is 3. The average molecular weight is 870 g/mol. The smallest absolute Gasteiger partial charge is 0.160 e. The highest BCUT2D eigenvalue weighted by atomic mass is 15.0. The Morgan fingerprint density at radius 1 is 0.388 bits per heavy atom. The lowest BCUT2D eigenvalue weighted by Crippen LogP contribution is -2.11. The van der Waals surface area contributed by atoms with Gasteiger partial charge in [0.1, 0.15) is 0 Å². The van der Waals surface area contributed by atoms with Crippen molar-refractivity contribution in [1.82, 2.24) is 14.5 Å². The number of nitrogens with zero attached hydrogens (tertiary/aromatic N) is 3. The molecule has 0 radical (unpaired) electrons. The fourth-order valence-electron chi connectivity index (χ4n) is 9.69. The molecule has 0 N–H and O–H groups in total. The number of aromatic nitrogens is 3. The van der Waals surface area contributed by atoms with Gasteiger partial charge in [-0.2, -0.15) is 0 Å². The van der Waals surface area contributed by atoms with Crippen molar-refractivity contribution in [2.24, 2.45) is 0 Å². The number of benzene rings is 8. The Balaban J connectivity index is 1.09. The molecule has 2 heterocycles. The fraction of sp³-hybridized carbons (Fsp3) is 0.188. The minimum absolute atomic E-state index is 0.00190. The van der Waals surface area contributed by atoms with Crippen LogP contribution in [0.15, 0.2) is 200 Å². The molecule has 3 nitrogen and oxygen atoms in total. The van der Waals surface area contributed by atoms with Crippen LogP contribution in [0.3, 0.4) is 0 Å². The van der Waals surface area contributed by atoms with Crippen LogP contribution in [0.4, 0.5) is 0 Å². The Morgan fingerprint density at radius 2 is 0.851 bits per heavy atom. The number of hydrogen-bond acceptors (Lipinski definition) is 2. The van der Waals surface area contributed by atoms with Gasteiger partial charge in [0.05, 0.1) is 16.9 Å². The normalized spacial score (nSPS) is 12.0. The summed E-state index contributed by atoms with van der Waals surface area (Å²) in [5.41, 5.74) is 19.1. The van der Waals surface area contributed by atoms with Gasteiger partial charge < -0.3 is 4.57 Å². The minimum atomic E-state index is -0.00190. The summed E-state index contributed by atoms with van der Waals surface area (Å²) in [6, 6.07) is 72.7. The molecule has 0 atom stereocenters. The van der Waals surface area contributed by atoms with Crippen molar-refractivity contribution in [3.63, 3.8) is 0 Å². The van der Waals surface area contributed by atoms with E-state index in [1.54, 1.807) is 0 Å². The Hall–Kier alpha value is -7.36. The molecule has 2 aromatic heterocycles. The zero-order chi connectivity index (χ0) is 46.1. The predicted molar refractivity (Wildman–Crippen MR) is 284 cm³/mol. The largest absolute Gasteiger partial charge is 0.340 e. The maximum absolute atomic E-state index is 5.30. The number of aryl methyl sites for hydroxylation is 1. The van der Waals surface area contributed by atoms with Crippen molar-refractivity contribution in [3.8, 4) is 67.3 Å². The van der Waals surface area contributed by atoms with Crippen LogP contribution in [0, 0.1) is 0 Å². The van der Waals surface area contributed by atoms with Gasteiger partial charge in [-0.05, 0) is 117 Å². The summed E-state index contributed by atoms with van der Waals surface area (Å²) in [5, 5.41) is 2.69. The highest BCUT2D eigenvalue weighted by molar-refractivity contribution is 6.13. The van der Waals surface area contributed by atoms with Gasteiger partial charge in [0.15, 0.2) is 5.82 Å². The summed E-state index contributed by atoms with van der Waals surface area (Å²) in [6.07, 6.45) is 2.96. The molecule has 330 valence electrons. The van der Waals surface area contributed by atoms with Gasteiger partial charge in [-0.1, -0.05) is 199 Å². The molecule has 3 heteroatoms. The van der Waals surface area contributed by atoms with Gasteiger partial charge in [-0.15, -0.1) is 0 Å². The van der Waals surface area contributed by atoms with E-state index in [0.29, 0.717) is 5.82 Å². The first-order valence-corrected chi connectivity index (χ1v) is 23.9. The Morgan fingerprint density at radius 3 is 1.37 bits per heavy atom. The standard InChI is InChI=1S/C64H59N3/c1-63(2,3)50-35-36-60-56(40-50)57-42-51(64(4,5)6)41-55(46-28-16-9-17-29-46)61(57)67(60)37-23-22-34-52-53(44-24-12-7-13-25-44)38-49(39-54(52)45-26-14-8-15-27-45)59-43-58(47-30-18-10-19-31-47)65-62(66-59)48-32-20-11-21-33-48/h7-21,24-33,35-36,38-43H,22-23,34,37H2,1-6H3. The van der Waals surface area contributed by atoms with Gasteiger partial charge in [0.25, 0.3) is 0 Å². The zero-order valence-corrected chi connectivity index (χ0v) is 39.7. The van der Waals surface area contributed by atoms with Crippen LogP contribution in [0.5, 0.6) is 0 Å². The molecule has 0 bridgehead atoms.